The lowest BCUT2D eigenvalue weighted by atomic mass is 9.70. The smallest absolute Gasteiger partial charge is 0.246 e. The van der Waals surface area contributed by atoms with Gasteiger partial charge in [-0.05, 0) is 69.2 Å². The molecule has 0 aromatic heterocycles. The van der Waals surface area contributed by atoms with Crippen LogP contribution in [0.1, 0.15) is 74.7 Å². The Bertz CT molecular complexity index is 1170. The Morgan fingerprint density at radius 2 is 1.81 bits per heavy atom. The third-order valence-corrected chi connectivity index (χ3v) is 9.83. The van der Waals surface area contributed by atoms with Crippen LogP contribution in [-0.4, -0.2) is 75.1 Å². The third-order valence-electron chi connectivity index (χ3n) is 8.99. The van der Waals surface area contributed by atoms with Gasteiger partial charge in [0.1, 0.15) is 17.4 Å². The van der Waals surface area contributed by atoms with Crippen LogP contribution in [0.2, 0.25) is 0 Å². The first-order valence-electron chi connectivity index (χ1n) is 15.2. The summed E-state index contributed by atoms with van der Waals surface area (Å²) < 4.78 is 12.2. The Hall–Kier alpha value is -2.17. The van der Waals surface area contributed by atoms with E-state index in [2.05, 4.69) is 47.3 Å². The van der Waals surface area contributed by atoms with Crippen molar-refractivity contribution < 1.29 is 29.0 Å². The van der Waals surface area contributed by atoms with Gasteiger partial charge in [0.2, 0.25) is 17.7 Å². The number of carbonyl (C=O) groups excluding carboxylic acids is 3. The molecule has 3 saturated heterocycles. The van der Waals surface area contributed by atoms with Crippen LogP contribution in [0.25, 0.3) is 0 Å². The second-order valence-electron chi connectivity index (χ2n) is 14.1. The Balaban J connectivity index is 1.71. The fourth-order valence-electron chi connectivity index (χ4n) is 7.64. The van der Waals surface area contributed by atoms with Gasteiger partial charge < -0.3 is 30.1 Å². The van der Waals surface area contributed by atoms with Gasteiger partial charge in [0, 0.05) is 16.1 Å². The summed E-state index contributed by atoms with van der Waals surface area (Å²) in [5.74, 6) is -1.97. The standard InChI is InChI=1S/C32H48BrN3O6/c1-9-18(3)22(16-37)36-26(28(39)35-31(7,8)17-30(4,5)6)32-15-21(33)25(42-32)23(24(32)29(36)40)27(38)34-19-11-13-20(14-12-19)41-10-2/h11-14,18,21-26,37H,9-10,15-17H2,1-8H3,(H,34,38)(H,35,39)/t18-,21?,22-,23-,24-,25-,26?,32?/m0/s1. The number of fused-ring (bicyclic) bond motifs is 1. The molecule has 10 heteroatoms. The zero-order valence-corrected chi connectivity index (χ0v) is 27.8. The van der Waals surface area contributed by atoms with Crippen molar-refractivity contribution in [3.05, 3.63) is 24.3 Å². The Morgan fingerprint density at radius 1 is 1.17 bits per heavy atom. The number of amides is 3. The molecule has 8 atom stereocenters. The predicted molar refractivity (Wildman–Crippen MR) is 165 cm³/mol. The van der Waals surface area contributed by atoms with Crippen molar-refractivity contribution in [2.24, 2.45) is 23.2 Å². The average molecular weight is 651 g/mol. The van der Waals surface area contributed by atoms with Crippen molar-refractivity contribution >= 4 is 39.3 Å². The number of carbonyl (C=O) groups is 3. The van der Waals surface area contributed by atoms with E-state index in [1.807, 2.05) is 34.6 Å². The lowest BCUT2D eigenvalue weighted by Crippen LogP contribution is -2.62. The highest BCUT2D eigenvalue weighted by atomic mass is 79.9. The summed E-state index contributed by atoms with van der Waals surface area (Å²) in [4.78, 5) is 44.0. The van der Waals surface area contributed by atoms with Crippen molar-refractivity contribution in [1.82, 2.24) is 10.2 Å². The van der Waals surface area contributed by atoms with Crippen LogP contribution in [0.15, 0.2) is 24.3 Å². The molecule has 234 valence electrons. The van der Waals surface area contributed by atoms with E-state index in [1.165, 1.54) is 0 Å². The summed E-state index contributed by atoms with van der Waals surface area (Å²) >= 11 is 3.73. The molecule has 3 aliphatic heterocycles. The number of anilines is 1. The van der Waals surface area contributed by atoms with Gasteiger partial charge in [-0.25, -0.2) is 0 Å². The minimum atomic E-state index is -1.19. The maximum atomic E-state index is 14.4. The Morgan fingerprint density at radius 3 is 2.36 bits per heavy atom. The van der Waals surface area contributed by atoms with Crippen molar-refractivity contribution in [2.75, 3.05) is 18.5 Å². The van der Waals surface area contributed by atoms with E-state index in [0.717, 1.165) is 6.42 Å². The Kier molecular flexibility index (Phi) is 9.41. The zero-order chi connectivity index (χ0) is 31.2. The first kappa shape index (κ1) is 32.7. The lowest BCUT2D eigenvalue weighted by Gasteiger charge is -2.41. The molecular weight excluding hydrogens is 602 g/mol. The number of hydrogen-bond acceptors (Lipinski definition) is 6. The van der Waals surface area contributed by atoms with Crippen LogP contribution in [0.5, 0.6) is 5.75 Å². The fourth-order valence-corrected chi connectivity index (χ4v) is 8.58. The molecule has 4 rings (SSSR count). The van der Waals surface area contributed by atoms with Crippen LogP contribution in [0, 0.1) is 23.2 Å². The normalized spacial score (nSPS) is 30.2. The highest BCUT2D eigenvalue weighted by Gasteiger charge is 2.77. The minimum Gasteiger partial charge on any atom is -0.494 e. The van der Waals surface area contributed by atoms with Crippen LogP contribution in [0.4, 0.5) is 5.69 Å². The number of halogens is 1. The molecule has 42 heavy (non-hydrogen) atoms. The van der Waals surface area contributed by atoms with Crippen molar-refractivity contribution in [3.63, 3.8) is 0 Å². The molecule has 1 aromatic carbocycles. The fraction of sp³-hybridized carbons (Fsp3) is 0.719. The van der Waals surface area contributed by atoms with Crippen LogP contribution < -0.4 is 15.4 Å². The summed E-state index contributed by atoms with van der Waals surface area (Å²) in [5.41, 5.74) is -1.21. The molecule has 3 aliphatic rings. The molecule has 0 saturated carbocycles. The topological polar surface area (TPSA) is 117 Å². The van der Waals surface area contributed by atoms with Gasteiger partial charge in [0.25, 0.3) is 0 Å². The first-order valence-corrected chi connectivity index (χ1v) is 16.1. The number of aliphatic hydroxyl groups is 1. The van der Waals surface area contributed by atoms with Gasteiger partial charge in [-0.3, -0.25) is 14.4 Å². The highest BCUT2D eigenvalue weighted by Crippen LogP contribution is 2.60. The molecule has 1 aromatic rings. The predicted octanol–water partition coefficient (Wildman–Crippen LogP) is 4.51. The summed E-state index contributed by atoms with van der Waals surface area (Å²) in [6.45, 7) is 16.5. The number of rotatable bonds is 11. The number of ether oxygens (including phenoxy) is 2. The molecule has 3 heterocycles. The van der Waals surface area contributed by atoms with Crippen molar-refractivity contribution in [2.45, 2.75) is 109 Å². The van der Waals surface area contributed by atoms with E-state index in [4.69, 9.17) is 9.47 Å². The van der Waals surface area contributed by atoms with Gasteiger partial charge in [-0.15, -0.1) is 0 Å². The van der Waals surface area contributed by atoms with Crippen LogP contribution in [-0.2, 0) is 19.1 Å². The van der Waals surface area contributed by atoms with E-state index in [9.17, 15) is 19.5 Å². The van der Waals surface area contributed by atoms with Gasteiger partial charge in [0.05, 0.1) is 37.2 Å². The lowest BCUT2D eigenvalue weighted by molar-refractivity contribution is -0.147. The number of alkyl halides is 1. The molecular formula is C32H48BrN3O6. The number of benzene rings is 1. The summed E-state index contributed by atoms with van der Waals surface area (Å²) in [6.07, 6.45) is 1.27. The Labute approximate surface area is 258 Å². The molecule has 2 bridgehead atoms. The van der Waals surface area contributed by atoms with Crippen LogP contribution >= 0.6 is 15.9 Å². The maximum Gasteiger partial charge on any atom is 0.246 e. The molecule has 0 radical (unpaired) electrons. The van der Waals surface area contributed by atoms with E-state index in [0.29, 0.717) is 30.9 Å². The van der Waals surface area contributed by atoms with E-state index in [1.54, 1.807) is 29.2 Å². The number of aliphatic hydroxyl groups excluding tert-OH is 1. The average Bonchev–Trinajstić information content (AvgIpc) is 3.47. The molecule has 9 nitrogen and oxygen atoms in total. The van der Waals surface area contributed by atoms with E-state index < -0.39 is 41.2 Å². The molecule has 1 spiro atoms. The number of nitrogens with one attached hydrogen (secondary N) is 2. The summed E-state index contributed by atoms with van der Waals surface area (Å²) in [5, 5.41) is 16.7. The molecule has 3 fully saturated rings. The molecule has 3 amide bonds. The van der Waals surface area contributed by atoms with Crippen molar-refractivity contribution in [3.8, 4) is 5.75 Å². The van der Waals surface area contributed by atoms with Gasteiger partial charge in [0.15, 0.2) is 0 Å². The van der Waals surface area contributed by atoms with Crippen molar-refractivity contribution in [1.29, 1.82) is 0 Å². The van der Waals surface area contributed by atoms with Gasteiger partial charge in [-0.2, -0.15) is 0 Å². The molecule has 0 aliphatic carbocycles. The SMILES string of the molecule is CCOc1ccc(NC(=O)[C@H]2[C@H]3C(=O)N([C@@H](CO)[C@@H](C)CC)C(C(=O)NC(C)(C)CC(C)(C)C)C34CC(Br)[C@@H]2O4)cc1. The second-order valence-corrected chi connectivity index (χ2v) is 15.3. The number of hydrogen-bond donors (Lipinski definition) is 3. The monoisotopic (exact) mass is 649 g/mol. The van der Waals surface area contributed by atoms with Gasteiger partial charge in [-0.1, -0.05) is 57.0 Å². The zero-order valence-electron chi connectivity index (χ0n) is 26.2. The first-order chi connectivity index (χ1) is 19.6. The summed E-state index contributed by atoms with van der Waals surface area (Å²) in [7, 11) is 0. The van der Waals surface area contributed by atoms with Gasteiger partial charge >= 0.3 is 0 Å². The third kappa shape index (κ3) is 6.09. The number of nitrogens with zero attached hydrogens (tertiary/aromatic N) is 1. The minimum absolute atomic E-state index is 0.0412. The highest BCUT2D eigenvalue weighted by molar-refractivity contribution is 9.09. The molecule has 3 unspecified atom stereocenters. The van der Waals surface area contributed by atoms with E-state index in [-0.39, 0.29) is 40.5 Å². The quantitative estimate of drug-likeness (QED) is 0.304. The maximum absolute atomic E-state index is 14.4. The second kappa shape index (κ2) is 12.1. The molecule has 3 N–H and O–H groups in total. The number of likely N-dealkylation sites (tertiary alicyclic amines) is 1. The van der Waals surface area contributed by atoms with Crippen LogP contribution in [0.3, 0.4) is 0 Å². The largest absolute Gasteiger partial charge is 0.494 e. The summed E-state index contributed by atoms with van der Waals surface area (Å²) in [6, 6.07) is 5.53. The van der Waals surface area contributed by atoms with E-state index >= 15 is 0 Å².